The second-order valence-electron chi connectivity index (χ2n) is 3.89. The molecule has 0 amide bonds. The Hall–Kier alpha value is -0.530. The molecule has 2 aliphatic rings. The molecule has 2 nitrogen and oxygen atoms in total. The minimum Gasteiger partial charge on any atom is -0.481 e. The number of hydrogen-bond acceptors (Lipinski definition) is 1. The van der Waals surface area contributed by atoms with Crippen LogP contribution in [0.2, 0.25) is 0 Å². The van der Waals surface area contributed by atoms with Gasteiger partial charge in [-0.1, -0.05) is 6.42 Å². The van der Waals surface area contributed by atoms with Crippen LogP contribution >= 0.6 is 0 Å². The fraction of sp³-hybridized carbons (Fsp3) is 0.889. The molecular weight excluding hydrogens is 140 g/mol. The number of aliphatic carboxylic acids is 1. The second kappa shape index (κ2) is 2.50. The van der Waals surface area contributed by atoms with Gasteiger partial charge in [0.2, 0.25) is 0 Å². The number of carbonyl (C=O) groups is 1. The maximum absolute atomic E-state index is 10.8. The number of carboxylic acid groups (broad SMARTS) is 1. The zero-order chi connectivity index (χ0) is 7.84. The second-order valence-corrected chi connectivity index (χ2v) is 3.89. The molecule has 2 heteroatoms. The first-order valence-electron chi connectivity index (χ1n) is 4.52. The van der Waals surface area contributed by atoms with Crippen molar-refractivity contribution in [2.75, 3.05) is 0 Å². The highest BCUT2D eigenvalue weighted by atomic mass is 16.4. The molecule has 0 radical (unpaired) electrons. The van der Waals surface area contributed by atoms with E-state index in [1.807, 2.05) is 0 Å². The molecule has 0 spiro atoms. The summed E-state index contributed by atoms with van der Waals surface area (Å²) in [5.74, 6) is 0.541. The maximum atomic E-state index is 10.8. The molecule has 2 saturated carbocycles. The molecule has 0 aromatic rings. The summed E-state index contributed by atoms with van der Waals surface area (Å²) in [5, 5.41) is 8.92. The van der Waals surface area contributed by atoms with E-state index in [4.69, 9.17) is 5.11 Å². The molecule has 1 atom stereocenters. The van der Waals surface area contributed by atoms with E-state index in [1.54, 1.807) is 0 Å². The van der Waals surface area contributed by atoms with E-state index in [0.717, 1.165) is 25.7 Å². The van der Waals surface area contributed by atoms with Crippen molar-refractivity contribution < 1.29 is 9.90 Å². The minimum absolute atomic E-state index is 0.0174. The molecule has 2 fully saturated rings. The van der Waals surface area contributed by atoms with Crippen molar-refractivity contribution in [1.82, 2.24) is 0 Å². The topological polar surface area (TPSA) is 37.3 Å². The van der Waals surface area contributed by atoms with Crippen molar-refractivity contribution in [2.24, 2.45) is 17.8 Å². The van der Waals surface area contributed by atoms with E-state index in [9.17, 15) is 4.79 Å². The predicted molar refractivity (Wildman–Crippen MR) is 41.2 cm³/mol. The first-order valence-corrected chi connectivity index (χ1v) is 4.52. The third kappa shape index (κ3) is 1.26. The monoisotopic (exact) mass is 154 g/mol. The van der Waals surface area contributed by atoms with E-state index in [1.165, 1.54) is 6.42 Å². The molecule has 0 heterocycles. The maximum Gasteiger partial charge on any atom is 0.307 e. The summed E-state index contributed by atoms with van der Waals surface area (Å²) in [6, 6.07) is 0. The van der Waals surface area contributed by atoms with Crippen molar-refractivity contribution in [3.63, 3.8) is 0 Å². The van der Waals surface area contributed by atoms with Gasteiger partial charge in [-0.2, -0.15) is 0 Å². The summed E-state index contributed by atoms with van der Waals surface area (Å²) >= 11 is 0. The summed E-state index contributed by atoms with van der Waals surface area (Å²) in [4.78, 5) is 10.8. The minimum atomic E-state index is -0.544. The fourth-order valence-corrected chi connectivity index (χ4v) is 2.04. The van der Waals surface area contributed by atoms with Crippen molar-refractivity contribution in [2.45, 2.75) is 32.1 Å². The molecule has 0 saturated heterocycles. The van der Waals surface area contributed by atoms with Crippen LogP contribution in [0.25, 0.3) is 0 Å². The van der Waals surface area contributed by atoms with Crippen LogP contribution in [0.3, 0.4) is 0 Å². The van der Waals surface area contributed by atoms with Gasteiger partial charge >= 0.3 is 5.97 Å². The Morgan fingerprint density at radius 2 is 1.73 bits per heavy atom. The summed E-state index contributed by atoms with van der Waals surface area (Å²) in [7, 11) is 0. The van der Waals surface area contributed by atoms with Gasteiger partial charge in [-0.25, -0.2) is 0 Å². The highest BCUT2D eigenvalue weighted by molar-refractivity contribution is 5.71. The highest BCUT2D eigenvalue weighted by Crippen LogP contribution is 2.46. The zero-order valence-corrected chi connectivity index (χ0v) is 6.62. The van der Waals surface area contributed by atoms with Crippen molar-refractivity contribution in [3.05, 3.63) is 0 Å². The van der Waals surface area contributed by atoms with Gasteiger partial charge in [-0.05, 0) is 37.5 Å². The molecule has 2 aliphatic carbocycles. The first-order chi connectivity index (χ1) is 5.29. The Labute approximate surface area is 66.6 Å². The lowest BCUT2D eigenvalue weighted by Gasteiger charge is -2.31. The van der Waals surface area contributed by atoms with Gasteiger partial charge in [0.05, 0.1) is 5.92 Å². The molecule has 1 unspecified atom stereocenters. The molecular formula is C9H14O2. The normalized spacial score (nSPS) is 27.6. The quantitative estimate of drug-likeness (QED) is 0.674. The Morgan fingerprint density at radius 1 is 1.18 bits per heavy atom. The average Bonchev–Trinajstić information content (AvgIpc) is 2.58. The van der Waals surface area contributed by atoms with E-state index < -0.39 is 5.97 Å². The van der Waals surface area contributed by atoms with Gasteiger partial charge in [0.25, 0.3) is 0 Å². The van der Waals surface area contributed by atoms with Crippen LogP contribution in [0, 0.1) is 17.8 Å². The smallest absolute Gasteiger partial charge is 0.307 e. The first kappa shape index (κ1) is 7.14. The largest absolute Gasteiger partial charge is 0.481 e. The van der Waals surface area contributed by atoms with Crippen molar-refractivity contribution >= 4 is 5.97 Å². The number of carboxylic acids is 1. The standard InChI is InChI=1S/C9H14O2/c10-9(11)8(7-4-5-7)6-2-1-3-6/h6-8H,1-5H2,(H,10,11). The molecule has 2 rings (SSSR count). The van der Waals surface area contributed by atoms with Gasteiger partial charge in [0, 0.05) is 0 Å². The Morgan fingerprint density at radius 3 is 2.00 bits per heavy atom. The van der Waals surface area contributed by atoms with Crippen LogP contribution < -0.4 is 0 Å². The summed E-state index contributed by atoms with van der Waals surface area (Å²) in [6.07, 6.45) is 5.89. The van der Waals surface area contributed by atoms with Crippen molar-refractivity contribution in [3.8, 4) is 0 Å². The lowest BCUT2D eigenvalue weighted by molar-refractivity contribution is -0.145. The van der Waals surface area contributed by atoms with Crippen LogP contribution in [-0.4, -0.2) is 11.1 Å². The molecule has 62 valence electrons. The van der Waals surface area contributed by atoms with Gasteiger partial charge in [0.1, 0.15) is 0 Å². The predicted octanol–water partition coefficient (Wildman–Crippen LogP) is 1.90. The summed E-state index contributed by atoms with van der Waals surface area (Å²) in [6.45, 7) is 0. The van der Waals surface area contributed by atoms with E-state index in [2.05, 4.69) is 0 Å². The van der Waals surface area contributed by atoms with Gasteiger partial charge < -0.3 is 5.11 Å². The number of rotatable bonds is 3. The Balaban J connectivity index is 1.96. The molecule has 0 aliphatic heterocycles. The highest BCUT2D eigenvalue weighted by Gasteiger charge is 2.43. The van der Waals surface area contributed by atoms with Crippen LogP contribution in [0.5, 0.6) is 0 Å². The van der Waals surface area contributed by atoms with Gasteiger partial charge in [-0.3, -0.25) is 4.79 Å². The molecule has 0 aromatic heterocycles. The Kier molecular flexibility index (Phi) is 1.63. The molecule has 11 heavy (non-hydrogen) atoms. The SMILES string of the molecule is O=C(O)C(C1CCC1)C1CC1. The lowest BCUT2D eigenvalue weighted by Crippen LogP contribution is -2.30. The molecule has 1 N–H and O–H groups in total. The summed E-state index contributed by atoms with van der Waals surface area (Å²) < 4.78 is 0. The third-order valence-electron chi connectivity index (χ3n) is 3.07. The Bertz CT molecular complexity index is 168. The third-order valence-corrected chi connectivity index (χ3v) is 3.07. The van der Waals surface area contributed by atoms with E-state index >= 15 is 0 Å². The van der Waals surface area contributed by atoms with Crippen LogP contribution in [-0.2, 0) is 4.79 Å². The fourth-order valence-electron chi connectivity index (χ4n) is 2.04. The molecule has 0 aromatic carbocycles. The summed E-state index contributed by atoms with van der Waals surface area (Å²) in [5.41, 5.74) is 0. The average molecular weight is 154 g/mol. The van der Waals surface area contributed by atoms with Gasteiger partial charge in [0.15, 0.2) is 0 Å². The van der Waals surface area contributed by atoms with Crippen LogP contribution in [0.4, 0.5) is 0 Å². The molecule has 0 bridgehead atoms. The van der Waals surface area contributed by atoms with E-state index in [0.29, 0.717) is 11.8 Å². The van der Waals surface area contributed by atoms with Crippen molar-refractivity contribution in [1.29, 1.82) is 0 Å². The number of hydrogen-bond donors (Lipinski definition) is 1. The van der Waals surface area contributed by atoms with E-state index in [-0.39, 0.29) is 5.92 Å². The lowest BCUT2D eigenvalue weighted by atomic mass is 9.74. The zero-order valence-electron chi connectivity index (χ0n) is 6.62. The van der Waals surface area contributed by atoms with Gasteiger partial charge in [-0.15, -0.1) is 0 Å². The van der Waals surface area contributed by atoms with Crippen LogP contribution in [0.1, 0.15) is 32.1 Å². The van der Waals surface area contributed by atoms with Crippen LogP contribution in [0.15, 0.2) is 0 Å².